The smallest absolute Gasteiger partial charge is 0.316 e. The van der Waals surface area contributed by atoms with E-state index in [4.69, 9.17) is 9.47 Å². The van der Waals surface area contributed by atoms with Crippen LogP contribution < -0.4 is 0 Å². The van der Waals surface area contributed by atoms with Gasteiger partial charge < -0.3 is 14.4 Å². The lowest BCUT2D eigenvalue weighted by Gasteiger charge is -2.35. The van der Waals surface area contributed by atoms with Crippen LogP contribution in [0.4, 0.5) is 5.00 Å². The Labute approximate surface area is 170 Å². The van der Waals surface area contributed by atoms with Crippen LogP contribution in [0.2, 0.25) is 0 Å². The number of carbonyl (C=O) groups is 2. The summed E-state index contributed by atoms with van der Waals surface area (Å²) in [5.74, 6) is -1.00. The van der Waals surface area contributed by atoms with Crippen LogP contribution in [-0.2, 0) is 30.9 Å². The number of carbonyl (C=O) groups excluding carboxylic acids is 2. The van der Waals surface area contributed by atoms with E-state index in [0.29, 0.717) is 29.0 Å². The second kappa shape index (κ2) is 8.31. The summed E-state index contributed by atoms with van der Waals surface area (Å²) in [4.78, 5) is 32.6. The van der Waals surface area contributed by atoms with E-state index in [1.54, 1.807) is 32.0 Å². The van der Waals surface area contributed by atoms with Gasteiger partial charge in [-0.15, -0.1) is 11.3 Å². The van der Waals surface area contributed by atoms with E-state index in [0.717, 1.165) is 11.3 Å². The third-order valence-corrected chi connectivity index (χ3v) is 5.57. The zero-order valence-electron chi connectivity index (χ0n) is 17.3. The van der Waals surface area contributed by atoms with E-state index in [1.807, 2.05) is 14.1 Å². The maximum atomic E-state index is 12.9. The number of thiophene rings is 1. The Morgan fingerprint density at radius 2 is 2.07 bits per heavy atom. The van der Waals surface area contributed by atoms with Crippen LogP contribution in [0.5, 0.6) is 0 Å². The number of aliphatic imine (C=N–C) groups is 1. The highest BCUT2D eigenvalue weighted by atomic mass is 32.1. The minimum absolute atomic E-state index is 0.161. The van der Waals surface area contributed by atoms with Gasteiger partial charge in [0.2, 0.25) is 0 Å². The highest BCUT2D eigenvalue weighted by molar-refractivity contribution is 7.16. The first-order valence-corrected chi connectivity index (χ1v) is 9.93. The molecule has 0 N–H and O–H groups in total. The van der Waals surface area contributed by atoms with E-state index >= 15 is 0 Å². The van der Waals surface area contributed by atoms with Crippen molar-refractivity contribution in [2.75, 3.05) is 21.2 Å². The monoisotopic (exact) mass is 405 g/mol. The molecule has 1 aromatic heterocycles. The summed E-state index contributed by atoms with van der Waals surface area (Å²) >= 11 is 1.39. The van der Waals surface area contributed by atoms with Gasteiger partial charge in [0.05, 0.1) is 25.4 Å². The van der Waals surface area contributed by atoms with Gasteiger partial charge in [-0.3, -0.25) is 9.59 Å². The molecular weight excluding hydrogens is 378 g/mol. The topological polar surface area (TPSA) is 92.0 Å². The molecule has 8 heteroatoms. The largest absolute Gasteiger partial charge is 0.468 e. The molecule has 0 bridgehead atoms. The van der Waals surface area contributed by atoms with E-state index in [-0.39, 0.29) is 6.42 Å². The van der Waals surface area contributed by atoms with Gasteiger partial charge in [0.1, 0.15) is 22.1 Å². The second-order valence-electron chi connectivity index (χ2n) is 8.09. The van der Waals surface area contributed by atoms with Crippen molar-refractivity contribution in [3.8, 4) is 6.07 Å². The molecule has 0 aliphatic heterocycles. The van der Waals surface area contributed by atoms with E-state index in [1.165, 1.54) is 18.4 Å². The van der Waals surface area contributed by atoms with Gasteiger partial charge >= 0.3 is 11.9 Å². The first-order chi connectivity index (χ1) is 13.0. The summed E-state index contributed by atoms with van der Waals surface area (Å²) in [5.41, 5.74) is -0.973. The van der Waals surface area contributed by atoms with Crippen LogP contribution in [0.3, 0.4) is 0 Å². The van der Waals surface area contributed by atoms with Crippen LogP contribution in [0.1, 0.15) is 56.0 Å². The molecule has 1 aliphatic rings. The molecule has 0 aromatic carbocycles. The molecule has 28 heavy (non-hydrogen) atoms. The number of fused-ring (bicyclic) bond motifs is 1. The number of esters is 2. The molecule has 1 atom stereocenters. The zero-order chi connectivity index (χ0) is 21.1. The lowest BCUT2D eigenvalue weighted by Crippen LogP contribution is -2.43. The highest BCUT2D eigenvalue weighted by Crippen LogP contribution is 2.50. The Bertz CT molecular complexity index is 830. The number of hydrogen-bond acceptors (Lipinski definition) is 7. The lowest BCUT2D eigenvalue weighted by atomic mass is 9.69. The molecule has 0 fully saturated rings. The standard InChI is InChI=1S/C20H27N3O4S/c1-19(2,3)27-15(24)10-20(18(25)26-6)9-7-8-14-16(20)13(11-21)17(28-14)22-12-23(4)5/h12H,7-10H2,1-6H3/b22-12+. The molecule has 0 amide bonds. The number of nitrogens with zero attached hydrogens (tertiary/aromatic N) is 3. The minimum Gasteiger partial charge on any atom is -0.468 e. The van der Waals surface area contributed by atoms with Gasteiger partial charge in [0, 0.05) is 24.5 Å². The van der Waals surface area contributed by atoms with Crippen LogP contribution >= 0.6 is 11.3 Å². The molecule has 0 saturated carbocycles. The fourth-order valence-corrected chi connectivity index (χ4v) is 4.69. The van der Waals surface area contributed by atoms with Crippen LogP contribution in [0.25, 0.3) is 0 Å². The summed E-state index contributed by atoms with van der Waals surface area (Å²) < 4.78 is 10.6. The number of nitriles is 1. The van der Waals surface area contributed by atoms with Crippen molar-refractivity contribution in [3.63, 3.8) is 0 Å². The summed E-state index contributed by atoms with van der Waals surface area (Å²) in [5, 5.41) is 10.4. The molecule has 0 spiro atoms. The summed E-state index contributed by atoms with van der Waals surface area (Å²) in [7, 11) is 4.98. The first-order valence-electron chi connectivity index (χ1n) is 9.11. The Kier molecular flexibility index (Phi) is 6.50. The van der Waals surface area contributed by atoms with Crippen molar-refractivity contribution < 1.29 is 19.1 Å². The zero-order valence-corrected chi connectivity index (χ0v) is 18.1. The van der Waals surface area contributed by atoms with Gasteiger partial charge in [-0.2, -0.15) is 5.26 Å². The third kappa shape index (κ3) is 4.53. The van der Waals surface area contributed by atoms with Gasteiger partial charge in [0.15, 0.2) is 0 Å². The minimum atomic E-state index is -1.22. The Morgan fingerprint density at radius 3 is 2.61 bits per heavy atom. The number of methoxy groups -OCH3 is 1. The Hall–Kier alpha value is -2.40. The molecule has 7 nitrogen and oxygen atoms in total. The van der Waals surface area contributed by atoms with Gasteiger partial charge in [-0.1, -0.05) is 0 Å². The van der Waals surface area contributed by atoms with Crippen molar-refractivity contribution in [1.29, 1.82) is 5.26 Å². The number of hydrogen-bond donors (Lipinski definition) is 0. The second-order valence-corrected chi connectivity index (χ2v) is 9.17. The summed E-state index contributed by atoms with van der Waals surface area (Å²) in [6, 6.07) is 2.20. The van der Waals surface area contributed by atoms with Crippen molar-refractivity contribution in [1.82, 2.24) is 4.90 Å². The Morgan fingerprint density at radius 1 is 1.39 bits per heavy atom. The fourth-order valence-electron chi connectivity index (χ4n) is 3.46. The lowest BCUT2D eigenvalue weighted by molar-refractivity contribution is -0.162. The van der Waals surface area contributed by atoms with Crippen LogP contribution in [0.15, 0.2) is 4.99 Å². The molecule has 1 unspecified atom stereocenters. The van der Waals surface area contributed by atoms with Crippen molar-refractivity contribution in [2.45, 2.75) is 57.5 Å². The van der Waals surface area contributed by atoms with Crippen LogP contribution in [0, 0.1) is 11.3 Å². The van der Waals surface area contributed by atoms with Gasteiger partial charge in [-0.25, -0.2) is 4.99 Å². The first kappa shape index (κ1) is 21.9. The molecule has 1 aromatic rings. The normalized spacial score (nSPS) is 19.0. The molecule has 0 saturated heterocycles. The number of ether oxygens (including phenoxy) is 2. The molecule has 1 heterocycles. The van der Waals surface area contributed by atoms with Gasteiger partial charge in [-0.05, 0) is 40.0 Å². The Balaban J connectivity index is 2.60. The third-order valence-electron chi connectivity index (χ3n) is 4.41. The average Bonchev–Trinajstić information content (AvgIpc) is 2.96. The van der Waals surface area contributed by atoms with Gasteiger partial charge in [0.25, 0.3) is 0 Å². The van der Waals surface area contributed by atoms with E-state index in [9.17, 15) is 14.9 Å². The molecule has 2 rings (SSSR count). The maximum Gasteiger partial charge on any atom is 0.316 e. The van der Waals surface area contributed by atoms with Crippen molar-refractivity contribution >= 4 is 34.6 Å². The fraction of sp³-hybridized carbons (Fsp3) is 0.600. The van der Waals surface area contributed by atoms with Crippen LogP contribution in [-0.4, -0.2) is 50.0 Å². The molecule has 152 valence electrons. The van der Waals surface area contributed by atoms with E-state index in [2.05, 4.69) is 11.1 Å². The predicted octanol–water partition coefficient (Wildman–Crippen LogP) is 3.32. The quantitative estimate of drug-likeness (QED) is 0.424. The van der Waals surface area contributed by atoms with Crippen molar-refractivity contribution in [3.05, 3.63) is 16.0 Å². The maximum absolute atomic E-state index is 12.9. The molecule has 0 radical (unpaired) electrons. The predicted molar refractivity (Wildman–Crippen MR) is 108 cm³/mol. The highest BCUT2D eigenvalue weighted by Gasteiger charge is 2.50. The van der Waals surface area contributed by atoms with E-state index < -0.39 is 23.0 Å². The number of rotatable bonds is 5. The molecule has 1 aliphatic carbocycles. The average molecular weight is 406 g/mol. The van der Waals surface area contributed by atoms with Crippen molar-refractivity contribution in [2.24, 2.45) is 4.99 Å². The molecular formula is C20H27N3O4S. The SMILES string of the molecule is COC(=O)C1(CC(=O)OC(C)(C)C)CCCc2sc(/N=C/N(C)C)c(C#N)c21. The number of aryl methyl sites for hydroxylation is 1. The summed E-state index contributed by atoms with van der Waals surface area (Å²) in [6.45, 7) is 5.34. The summed E-state index contributed by atoms with van der Waals surface area (Å²) in [6.07, 6.45) is 3.33.